The highest BCUT2D eigenvalue weighted by atomic mass is 15.2. The molecule has 0 aromatic heterocycles. The molecule has 2 nitrogen and oxygen atoms in total. The van der Waals surface area contributed by atoms with Crippen LogP contribution in [0.3, 0.4) is 0 Å². The molecular formula is C15H30N2. The van der Waals surface area contributed by atoms with Gasteiger partial charge in [0.2, 0.25) is 0 Å². The lowest BCUT2D eigenvalue weighted by Gasteiger charge is -2.38. The van der Waals surface area contributed by atoms with Gasteiger partial charge in [-0.25, -0.2) is 0 Å². The minimum absolute atomic E-state index is 0.115. The Bertz CT molecular complexity index is 191. The second-order valence-corrected chi connectivity index (χ2v) is 6.58. The maximum atomic E-state index is 3.83. The van der Waals surface area contributed by atoms with Gasteiger partial charge in [0.15, 0.2) is 0 Å². The molecular weight excluding hydrogens is 208 g/mol. The van der Waals surface area contributed by atoms with E-state index in [-0.39, 0.29) is 5.66 Å². The molecule has 2 aliphatic carbocycles. The van der Waals surface area contributed by atoms with Gasteiger partial charge in [-0.15, -0.1) is 0 Å². The first kappa shape index (κ1) is 13.4. The van der Waals surface area contributed by atoms with Crippen molar-refractivity contribution >= 4 is 0 Å². The van der Waals surface area contributed by atoms with E-state index in [4.69, 9.17) is 0 Å². The van der Waals surface area contributed by atoms with Crippen molar-refractivity contribution in [1.82, 2.24) is 10.6 Å². The second kappa shape index (κ2) is 6.19. The van der Waals surface area contributed by atoms with Gasteiger partial charge in [0.05, 0.1) is 5.66 Å². The summed E-state index contributed by atoms with van der Waals surface area (Å²) < 4.78 is 0. The minimum atomic E-state index is 0.115. The van der Waals surface area contributed by atoms with Crippen LogP contribution in [0.5, 0.6) is 0 Å². The van der Waals surface area contributed by atoms with E-state index in [2.05, 4.69) is 24.5 Å². The zero-order valence-electron chi connectivity index (χ0n) is 11.7. The van der Waals surface area contributed by atoms with Gasteiger partial charge in [0.25, 0.3) is 0 Å². The molecule has 2 aliphatic rings. The summed E-state index contributed by atoms with van der Waals surface area (Å²) in [4.78, 5) is 0. The monoisotopic (exact) mass is 238 g/mol. The van der Waals surface area contributed by atoms with Crippen LogP contribution in [0.25, 0.3) is 0 Å². The molecule has 17 heavy (non-hydrogen) atoms. The zero-order chi connectivity index (χ0) is 12.1. The summed E-state index contributed by atoms with van der Waals surface area (Å²) in [5.74, 6) is 0. The van der Waals surface area contributed by atoms with Crippen molar-refractivity contribution in [3.63, 3.8) is 0 Å². The van der Waals surface area contributed by atoms with Gasteiger partial charge >= 0.3 is 0 Å². The molecule has 2 N–H and O–H groups in total. The van der Waals surface area contributed by atoms with Gasteiger partial charge in [0.1, 0.15) is 0 Å². The maximum absolute atomic E-state index is 3.83. The summed E-state index contributed by atoms with van der Waals surface area (Å²) in [5.41, 5.74) is 0.115. The van der Waals surface area contributed by atoms with Crippen LogP contribution in [-0.4, -0.2) is 17.7 Å². The number of hydrogen-bond acceptors (Lipinski definition) is 2. The highest BCUT2D eigenvalue weighted by molar-refractivity contribution is 4.86. The summed E-state index contributed by atoms with van der Waals surface area (Å²) in [6.45, 7) is 4.63. The third-order valence-corrected chi connectivity index (χ3v) is 4.34. The van der Waals surface area contributed by atoms with E-state index in [0.29, 0.717) is 0 Å². The van der Waals surface area contributed by atoms with E-state index in [1.807, 2.05) is 0 Å². The summed E-state index contributed by atoms with van der Waals surface area (Å²) in [7, 11) is 0. The number of hydrogen-bond donors (Lipinski definition) is 2. The van der Waals surface area contributed by atoms with Crippen molar-refractivity contribution in [2.24, 2.45) is 0 Å². The third kappa shape index (κ3) is 4.59. The van der Waals surface area contributed by atoms with Gasteiger partial charge in [-0.2, -0.15) is 0 Å². The molecule has 0 unspecified atom stereocenters. The van der Waals surface area contributed by atoms with Crippen molar-refractivity contribution in [2.45, 2.75) is 95.8 Å². The number of nitrogens with one attached hydrogen (secondary N) is 2. The van der Waals surface area contributed by atoms with Gasteiger partial charge in [-0.05, 0) is 39.5 Å². The fourth-order valence-electron chi connectivity index (χ4n) is 3.56. The fourth-order valence-corrected chi connectivity index (χ4v) is 3.56. The standard InChI is InChI=1S/C15H30N2/c1-15(2,16-13-9-5-3-6-10-13)17-14-11-7-4-8-12-14/h13-14,16-17H,3-12H2,1-2H3. The van der Waals surface area contributed by atoms with Gasteiger partial charge in [-0.1, -0.05) is 38.5 Å². The molecule has 2 rings (SSSR count). The highest BCUT2D eigenvalue weighted by Gasteiger charge is 2.26. The molecule has 100 valence electrons. The predicted octanol–water partition coefficient (Wildman–Crippen LogP) is 3.57. The Morgan fingerprint density at radius 3 is 1.35 bits per heavy atom. The van der Waals surface area contributed by atoms with Crippen LogP contribution < -0.4 is 10.6 Å². The molecule has 0 bridgehead atoms. The average molecular weight is 238 g/mol. The topological polar surface area (TPSA) is 24.1 Å². The molecule has 0 saturated heterocycles. The molecule has 0 heterocycles. The van der Waals surface area contributed by atoms with Crippen LogP contribution >= 0.6 is 0 Å². The Morgan fingerprint density at radius 1 is 0.647 bits per heavy atom. The maximum Gasteiger partial charge on any atom is 0.0633 e. The highest BCUT2D eigenvalue weighted by Crippen LogP contribution is 2.22. The lowest BCUT2D eigenvalue weighted by molar-refractivity contribution is 0.199. The van der Waals surface area contributed by atoms with Crippen molar-refractivity contribution in [1.29, 1.82) is 0 Å². The van der Waals surface area contributed by atoms with Crippen molar-refractivity contribution in [2.75, 3.05) is 0 Å². The lowest BCUT2D eigenvalue weighted by atomic mass is 9.92. The van der Waals surface area contributed by atoms with Crippen LogP contribution in [0.15, 0.2) is 0 Å². The molecule has 0 aromatic carbocycles. The Balaban J connectivity index is 1.75. The first-order valence-electron chi connectivity index (χ1n) is 7.71. The molecule has 2 heteroatoms. The second-order valence-electron chi connectivity index (χ2n) is 6.58. The minimum Gasteiger partial charge on any atom is -0.297 e. The van der Waals surface area contributed by atoms with Crippen molar-refractivity contribution < 1.29 is 0 Å². The number of rotatable bonds is 4. The van der Waals surface area contributed by atoms with E-state index in [1.165, 1.54) is 64.2 Å². The predicted molar refractivity (Wildman–Crippen MR) is 74.1 cm³/mol. The van der Waals surface area contributed by atoms with E-state index in [0.717, 1.165) is 12.1 Å². The molecule has 0 aromatic rings. The van der Waals surface area contributed by atoms with Crippen molar-refractivity contribution in [3.8, 4) is 0 Å². The first-order chi connectivity index (χ1) is 8.16. The molecule has 0 amide bonds. The Kier molecular flexibility index (Phi) is 4.87. The Labute approximate surface area is 107 Å². The largest absolute Gasteiger partial charge is 0.297 e. The van der Waals surface area contributed by atoms with Crippen LogP contribution in [0, 0.1) is 0 Å². The molecule has 0 radical (unpaired) electrons. The van der Waals surface area contributed by atoms with Gasteiger partial charge in [0, 0.05) is 12.1 Å². The third-order valence-electron chi connectivity index (χ3n) is 4.34. The van der Waals surface area contributed by atoms with Crippen LogP contribution in [0.4, 0.5) is 0 Å². The average Bonchev–Trinajstić information content (AvgIpc) is 2.30. The summed E-state index contributed by atoms with van der Waals surface area (Å²) in [5, 5.41) is 7.66. The fraction of sp³-hybridized carbons (Fsp3) is 1.00. The molecule has 2 saturated carbocycles. The Hall–Kier alpha value is -0.0800. The van der Waals surface area contributed by atoms with E-state index in [9.17, 15) is 0 Å². The molecule has 2 fully saturated rings. The van der Waals surface area contributed by atoms with Crippen LogP contribution in [0.2, 0.25) is 0 Å². The molecule has 0 spiro atoms. The summed E-state index contributed by atoms with van der Waals surface area (Å²) >= 11 is 0. The first-order valence-corrected chi connectivity index (χ1v) is 7.71. The van der Waals surface area contributed by atoms with E-state index >= 15 is 0 Å². The SMILES string of the molecule is CC(C)(NC1CCCCC1)NC1CCCCC1. The molecule has 0 atom stereocenters. The Morgan fingerprint density at radius 2 is 1.00 bits per heavy atom. The summed E-state index contributed by atoms with van der Waals surface area (Å²) in [6.07, 6.45) is 14.0. The van der Waals surface area contributed by atoms with E-state index < -0.39 is 0 Å². The van der Waals surface area contributed by atoms with Crippen LogP contribution in [-0.2, 0) is 0 Å². The lowest BCUT2D eigenvalue weighted by Crippen LogP contribution is -2.59. The summed E-state index contributed by atoms with van der Waals surface area (Å²) in [6, 6.07) is 1.49. The van der Waals surface area contributed by atoms with E-state index in [1.54, 1.807) is 0 Å². The van der Waals surface area contributed by atoms with Crippen molar-refractivity contribution in [3.05, 3.63) is 0 Å². The van der Waals surface area contributed by atoms with Gasteiger partial charge < -0.3 is 0 Å². The molecule has 0 aliphatic heterocycles. The van der Waals surface area contributed by atoms with Gasteiger partial charge in [-0.3, -0.25) is 10.6 Å². The van der Waals surface area contributed by atoms with Crippen LogP contribution in [0.1, 0.15) is 78.1 Å². The normalized spacial score (nSPS) is 25.1. The zero-order valence-corrected chi connectivity index (χ0v) is 11.7. The quantitative estimate of drug-likeness (QED) is 0.732. The smallest absolute Gasteiger partial charge is 0.0633 e.